The van der Waals surface area contributed by atoms with E-state index < -0.39 is 5.25 Å². The number of hydrogen-bond acceptors (Lipinski definition) is 7. The van der Waals surface area contributed by atoms with Crippen molar-refractivity contribution in [3.8, 4) is 11.3 Å². The topological polar surface area (TPSA) is 94.2 Å². The lowest BCUT2D eigenvalue weighted by Crippen LogP contribution is -2.24. The van der Waals surface area contributed by atoms with Crippen LogP contribution in [0.3, 0.4) is 0 Å². The lowest BCUT2D eigenvalue weighted by molar-refractivity contribution is -0.115. The predicted octanol–water partition coefficient (Wildman–Crippen LogP) is 4.70. The average molecular weight is 491 g/mol. The summed E-state index contributed by atoms with van der Waals surface area (Å²) < 4.78 is 3.50. The maximum absolute atomic E-state index is 13.0. The maximum Gasteiger partial charge on any atom is 0.262 e. The number of para-hydroxylation sites is 1. The highest BCUT2D eigenvalue weighted by Gasteiger charge is 2.22. The van der Waals surface area contributed by atoms with Crippen LogP contribution in [0.5, 0.6) is 0 Å². The Morgan fingerprint density at radius 1 is 1.12 bits per heavy atom. The van der Waals surface area contributed by atoms with Gasteiger partial charge in [0.2, 0.25) is 11.7 Å². The Hall–Kier alpha value is -3.50. The van der Waals surface area contributed by atoms with Gasteiger partial charge in [-0.2, -0.15) is 0 Å². The molecule has 0 bridgehead atoms. The van der Waals surface area contributed by atoms with Crippen molar-refractivity contribution in [2.75, 3.05) is 5.32 Å². The highest BCUT2D eigenvalue weighted by atomic mass is 32.2. The van der Waals surface area contributed by atoms with Gasteiger partial charge in [0.1, 0.15) is 0 Å². The minimum absolute atomic E-state index is 0.0855. The van der Waals surface area contributed by atoms with E-state index in [0.29, 0.717) is 28.0 Å². The van der Waals surface area contributed by atoms with Crippen LogP contribution in [0.1, 0.15) is 20.3 Å². The number of benzene rings is 2. The van der Waals surface area contributed by atoms with Crippen LogP contribution < -0.4 is 10.9 Å². The van der Waals surface area contributed by atoms with Gasteiger partial charge < -0.3 is 5.32 Å². The summed E-state index contributed by atoms with van der Waals surface area (Å²) >= 11 is 2.68. The fourth-order valence-electron chi connectivity index (χ4n) is 3.73. The molecule has 34 heavy (non-hydrogen) atoms. The largest absolute Gasteiger partial charge is 0.301 e. The molecule has 0 spiro atoms. The minimum atomic E-state index is -0.457. The van der Waals surface area contributed by atoms with E-state index in [0.717, 1.165) is 23.2 Å². The summed E-state index contributed by atoms with van der Waals surface area (Å²) in [6.45, 7) is 4.37. The lowest BCUT2D eigenvalue weighted by atomic mass is 10.2. The molecule has 1 atom stereocenters. The molecule has 0 saturated carbocycles. The molecule has 8 nitrogen and oxygen atoms in total. The normalized spacial score (nSPS) is 12.3. The van der Waals surface area contributed by atoms with Crippen LogP contribution in [0, 0.1) is 0 Å². The molecule has 172 valence electrons. The third kappa shape index (κ3) is 4.10. The van der Waals surface area contributed by atoms with Gasteiger partial charge in [-0.1, -0.05) is 61.2 Å². The van der Waals surface area contributed by atoms with Gasteiger partial charge in [-0.3, -0.25) is 18.6 Å². The molecule has 1 amide bonds. The molecular weight excluding hydrogens is 468 g/mol. The van der Waals surface area contributed by atoms with Crippen molar-refractivity contribution in [2.45, 2.75) is 37.2 Å². The standard InChI is InChI=1S/C24H22N6O2S2/c1-3-13-29-21(32)17-11-7-8-12-19(17)30-23(29)27-28-24(30)34-15(2)20(31)26-22-25-18(14-33-22)16-9-5-4-6-10-16/h4-12,14-15H,3,13H2,1-2H3,(H,25,26,31). The Kier molecular flexibility index (Phi) is 6.16. The second-order valence-corrected chi connectivity index (χ2v) is 9.91. The van der Waals surface area contributed by atoms with Crippen LogP contribution in [-0.2, 0) is 11.3 Å². The van der Waals surface area contributed by atoms with Crippen molar-refractivity contribution < 1.29 is 4.79 Å². The molecule has 0 saturated heterocycles. The third-order valence-electron chi connectivity index (χ3n) is 5.38. The van der Waals surface area contributed by atoms with Crippen molar-refractivity contribution in [3.05, 3.63) is 70.3 Å². The SMILES string of the molecule is CCCn1c(=O)c2ccccc2n2c(SC(C)C(=O)Nc3nc(-c4ccccc4)cs3)nnc12. The highest BCUT2D eigenvalue weighted by Crippen LogP contribution is 2.28. The number of nitrogens with one attached hydrogen (secondary N) is 1. The summed E-state index contributed by atoms with van der Waals surface area (Å²) in [5.74, 6) is 0.301. The number of aryl methyl sites for hydroxylation is 1. The first-order valence-electron chi connectivity index (χ1n) is 10.9. The first-order chi connectivity index (χ1) is 16.6. The summed E-state index contributed by atoms with van der Waals surface area (Å²) in [6, 6.07) is 17.2. The van der Waals surface area contributed by atoms with Gasteiger partial charge >= 0.3 is 0 Å². The van der Waals surface area contributed by atoms with E-state index in [1.54, 1.807) is 10.6 Å². The smallest absolute Gasteiger partial charge is 0.262 e. The Balaban J connectivity index is 1.42. The number of rotatable bonds is 7. The van der Waals surface area contributed by atoms with Gasteiger partial charge in [0.15, 0.2) is 10.3 Å². The number of amides is 1. The monoisotopic (exact) mass is 490 g/mol. The van der Waals surface area contributed by atoms with Crippen LogP contribution in [0.15, 0.2) is 69.9 Å². The minimum Gasteiger partial charge on any atom is -0.301 e. The van der Waals surface area contributed by atoms with Crippen LogP contribution in [-0.4, -0.2) is 35.3 Å². The van der Waals surface area contributed by atoms with E-state index in [-0.39, 0.29) is 11.5 Å². The Morgan fingerprint density at radius 3 is 2.68 bits per heavy atom. The Morgan fingerprint density at radius 2 is 1.88 bits per heavy atom. The second-order valence-electron chi connectivity index (χ2n) is 7.75. The molecule has 1 N–H and O–H groups in total. The lowest BCUT2D eigenvalue weighted by Gasteiger charge is -2.12. The third-order valence-corrected chi connectivity index (χ3v) is 7.18. The number of thioether (sulfide) groups is 1. The van der Waals surface area contributed by atoms with Crippen LogP contribution in [0.2, 0.25) is 0 Å². The van der Waals surface area contributed by atoms with Gasteiger partial charge in [0, 0.05) is 17.5 Å². The fourth-order valence-corrected chi connectivity index (χ4v) is 5.30. The zero-order valence-corrected chi connectivity index (χ0v) is 20.3. The maximum atomic E-state index is 13.0. The first-order valence-corrected chi connectivity index (χ1v) is 12.7. The summed E-state index contributed by atoms with van der Waals surface area (Å²) in [5, 5.41) is 14.7. The number of nitrogens with zero attached hydrogens (tertiary/aromatic N) is 5. The van der Waals surface area contributed by atoms with Crippen molar-refractivity contribution in [2.24, 2.45) is 0 Å². The molecule has 3 aromatic heterocycles. The van der Waals surface area contributed by atoms with E-state index in [4.69, 9.17) is 0 Å². The molecule has 1 unspecified atom stereocenters. The summed E-state index contributed by atoms with van der Waals surface area (Å²) in [5.41, 5.74) is 2.46. The zero-order valence-electron chi connectivity index (χ0n) is 18.6. The number of carbonyl (C=O) groups is 1. The Bertz CT molecular complexity index is 1540. The van der Waals surface area contributed by atoms with Gasteiger partial charge in [0.05, 0.1) is 21.8 Å². The van der Waals surface area contributed by atoms with Crippen LogP contribution in [0.4, 0.5) is 5.13 Å². The van der Waals surface area contributed by atoms with Crippen molar-refractivity contribution in [3.63, 3.8) is 0 Å². The molecule has 5 aromatic rings. The highest BCUT2D eigenvalue weighted by molar-refractivity contribution is 8.00. The molecule has 2 aromatic carbocycles. The molecule has 0 aliphatic heterocycles. The van der Waals surface area contributed by atoms with Crippen molar-refractivity contribution >= 4 is 50.8 Å². The number of fused-ring (bicyclic) bond motifs is 3. The molecule has 0 radical (unpaired) electrons. The van der Waals surface area contributed by atoms with E-state index in [9.17, 15) is 9.59 Å². The fraction of sp³-hybridized carbons (Fsp3) is 0.208. The van der Waals surface area contributed by atoms with Gasteiger partial charge in [0.25, 0.3) is 5.56 Å². The van der Waals surface area contributed by atoms with E-state index in [2.05, 4.69) is 20.5 Å². The molecule has 0 fully saturated rings. The van der Waals surface area contributed by atoms with Crippen LogP contribution in [0.25, 0.3) is 27.9 Å². The van der Waals surface area contributed by atoms with Gasteiger partial charge in [-0.05, 0) is 25.5 Å². The number of aromatic nitrogens is 5. The summed E-state index contributed by atoms with van der Waals surface area (Å²) in [7, 11) is 0. The number of hydrogen-bond donors (Lipinski definition) is 1. The molecule has 0 aliphatic carbocycles. The molecule has 10 heteroatoms. The van der Waals surface area contributed by atoms with E-state index in [1.807, 2.05) is 72.2 Å². The molecule has 0 aliphatic rings. The zero-order chi connectivity index (χ0) is 23.7. The number of anilines is 1. The summed E-state index contributed by atoms with van der Waals surface area (Å²) in [6.07, 6.45) is 0.792. The van der Waals surface area contributed by atoms with E-state index >= 15 is 0 Å². The first kappa shape index (κ1) is 22.3. The van der Waals surface area contributed by atoms with Crippen molar-refractivity contribution in [1.29, 1.82) is 0 Å². The Labute approximate surface area is 203 Å². The molecular formula is C24H22N6O2S2. The summed E-state index contributed by atoms with van der Waals surface area (Å²) in [4.78, 5) is 30.5. The molecule has 5 rings (SSSR count). The van der Waals surface area contributed by atoms with E-state index in [1.165, 1.54) is 23.1 Å². The quantitative estimate of drug-likeness (QED) is 0.333. The predicted molar refractivity (Wildman–Crippen MR) is 137 cm³/mol. The van der Waals surface area contributed by atoms with Gasteiger partial charge in [-0.25, -0.2) is 4.98 Å². The number of thiazole rings is 1. The van der Waals surface area contributed by atoms with Gasteiger partial charge in [-0.15, -0.1) is 21.5 Å². The number of carbonyl (C=O) groups excluding carboxylic acids is 1. The molecule has 3 heterocycles. The second kappa shape index (κ2) is 9.40. The van der Waals surface area contributed by atoms with Crippen molar-refractivity contribution in [1.82, 2.24) is 24.1 Å². The van der Waals surface area contributed by atoms with Crippen LogP contribution >= 0.6 is 23.1 Å². The average Bonchev–Trinajstić information content (AvgIpc) is 3.50.